The highest BCUT2D eigenvalue weighted by Crippen LogP contribution is 2.20. The number of aryl methyl sites for hydroxylation is 1. The Hall–Kier alpha value is -2.50. The Labute approximate surface area is 160 Å². The summed E-state index contributed by atoms with van der Waals surface area (Å²) in [5, 5.41) is 13.1. The summed E-state index contributed by atoms with van der Waals surface area (Å²) in [6.07, 6.45) is 2.62. The fourth-order valence-corrected chi connectivity index (χ4v) is 3.52. The van der Waals surface area contributed by atoms with Crippen molar-refractivity contribution in [1.29, 1.82) is 0 Å². The van der Waals surface area contributed by atoms with Gasteiger partial charge >= 0.3 is 0 Å². The molecular formula is C22H26N4O. The number of rotatable bonds is 7. The van der Waals surface area contributed by atoms with Crippen LogP contribution in [0.2, 0.25) is 0 Å². The van der Waals surface area contributed by atoms with Crippen molar-refractivity contribution < 1.29 is 4.74 Å². The zero-order valence-corrected chi connectivity index (χ0v) is 15.8. The molecule has 140 valence electrons. The molecule has 1 atom stereocenters. The minimum Gasteiger partial charge on any atom is -0.377 e. The van der Waals surface area contributed by atoms with Crippen molar-refractivity contribution in [2.24, 2.45) is 0 Å². The first-order valence-electron chi connectivity index (χ1n) is 9.65. The van der Waals surface area contributed by atoms with Gasteiger partial charge in [-0.25, -0.2) is 0 Å². The van der Waals surface area contributed by atoms with E-state index in [1.54, 1.807) is 4.80 Å². The highest BCUT2D eigenvalue weighted by Gasteiger charge is 2.17. The first-order valence-corrected chi connectivity index (χ1v) is 9.65. The van der Waals surface area contributed by atoms with Crippen LogP contribution >= 0.6 is 0 Å². The van der Waals surface area contributed by atoms with Gasteiger partial charge in [0.2, 0.25) is 0 Å². The molecule has 2 aromatic carbocycles. The second kappa shape index (κ2) is 8.46. The lowest BCUT2D eigenvalue weighted by atomic mass is 10.1. The van der Waals surface area contributed by atoms with E-state index in [0.29, 0.717) is 19.2 Å². The Bertz CT molecular complexity index is 869. The van der Waals surface area contributed by atoms with Crippen LogP contribution in [0.15, 0.2) is 54.6 Å². The van der Waals surface area contributed by atoms with Gasteiger partial charge < -0.3 is 10.1 Å². The van der Waals surface area contributed by atoms with Gasteiger partial charge in [0, 0.05) is 25.3 Å². The first-order chi connectivity index (χ1) is 13.3. The van der Waals surface area contributed by atoms with E-state index in [1.807, 2.05) is 18.2 Å². The molecule has 0 amide bonds. The van der Waals surface area contributed by atoms with E-state index in [0.717, 1.165) is 42.9 Å². The summed E-state index contributed by atoms with van der Waals surface area (Å²) < 4.78 is 5.70. The summed E-state index contributed by atoms with van der Waals surface area (Å²) in [6, 6.07) is 18.8. The summed E-state index contributed by atoms with van der Waals surface area (Å²) in [5.41, 5.74) is 5.49. The number of ether oxygens (including phenoxy) is 1. The first kappa shape index (κ1) is 17.9. The largest absolute Gasteiger partial charge is 0.377 e. The summed E-state index contributed by atoms with van der Waals surface area (Å²) in [4.78, 5) is 1.81. The molecule has 1 aromatic heterocycles. The Kier molecular flexibility index (Phi) is 5.61. The number of hydrogen-bond acceptors (Lipinski definition) is 4. The molecule has 0 saturated carbocycles. The summed E-state index contributed by atoms with van der Waals surface area (Å²) >= 11 is 0. The molecule has 0 spiro atoms. The fourth-order valence-electron chi connectivity index (χ4n) is 3.52. The highest BCUT2D eigenvalue weighted by molar-refractivity contribution is 5.60. The maximum atomic E-state index is 5.70. The number of nitrogens with one attached hydrogen (secondary N) is 1. The van der Waals surface area contributed by atoms with E-state index in [2.05, 4.69) is 48.6 Å². The number of hydrogen-bond donors (Lipinski definition) is 1. The Balaban J connectivity index is 1.53. The van der Waals surface area contributed by atoms with Crippen LogP contribution in [0.25, 0.3) is 11.3 Å². The van der Waals surface area contributed by atoms with Crippen molar-refractivity contribution in [3.05, 3.63) is 71.4 Å². The van der Waals surface area contributed by atoms with Gasteiger partial charge in [0.15, 0.2) is 0 Å². The molecule has 27 heavy (non-hydrogen) atoms. The van der Waals surface area contributed by atoms with Gasteiger partial charge in [0.25, 0.3) is 0 Å². The zero-order valence-electron chi connectivity index (χ0n) is 15.8. The minimum absolute atomic E-state index is 0.326. The van der Waals surface area contributed by atoms with Crippen LogP contribution in [0.5, 0.6) is 0 Å². The van der Waals surface area contributed by atoms with Crippen molar-refractivity contribution in [2.75, 3.05) is 13.2 Å². The van der Waals surface area contributed by atoms with E-state index in [-0.39, 0.29) is 0 Å². The lowest BCUT2D eigenvalue weighted by Gasteiger charge is -2.10. The van der Waals surface area contributed by atoms with Gasteiger partial charge in [-0.3, -0.25) is 0 Å². The predicted molar refractivity (Wildman–Crippen MR) is 106 cm³/mol. The van der Waals surface area contributed by atoms with Crippen molar-refractivity contribution >= 4 is 0 Å². The Morgan fingerprint density at radius 1 is 1.11 bits per heavy atom. The molecule has 0 radical (unpaired) electrons. The SMILES string of the molecule is Cc1cccc(Cn2nc(CNC[C@H]3CCCO3)c(-c3ccccc3)n2)c1. The number of nitrogens with zero attached hydrogens (tertiary/aromatic N) is 3. The maximum absolute atomic E-state index is 5.70. The van der Waals surface area contributed by atoms with Crippen LogP contribution in [0.1, 0.15) is 29.7 Å². The second-order valence-corrected chi connectivity index (χ2v) is 7.15. The van der Waals surface area contributed by atoms with Crippen LogP contribution in [0.4, 0.5) is 0 Å². The van der Waals surface area contributed by atoms with Crippen LogP contribution in [-0.2, 0) is 17.8 Å². The van der Waals surface area contributed by atoms with Gasteiger partial charge in [-0.1, -0.05) is 60.2 Å². The summed E-state index contributed by atoms with van der Waals surface area (Å²) in [5.74, 6) is 0. The van der Waals surface area contributed by atoms with Crippen LogP contribution < -0.4 is 5.32 Å². The zero-order chi connectivity index (χ0) is 18.5. The van der Waals surface area contributed by atoms with E-state index in [9.17, 15) is 0 Å². The quantitative estimate of drug-likeness (QED) is 0.698. The van der Waals surface area contributed by atoms with Gasteiger partial charge in [0.05, 0.1) is 12.6 Å². The van der Waals surface area contributed by atoms with Gasteiger partial charge in [0.1, 0.15) is 11.4 Å². The molecule has 5 nitrogen and oxygen atoms in total. The molecule has 1 fully saturated rings. The molecule has 0 unspecified atom stereocenters. The highest BCUT2D eigenvalue weighted by atomic mass is 16.5. The lowest BCUT2D eigenvalue weighted by molar-refractivity contribution is 0.110. The smallest absolute Gasteiger partial charge is 0.117 e. The van der Waals surface area contributed by atoms with E-state index in [1.165, 1.54) is 11.1 Å². The van der Waals surface area contributed by atoms with Crippen LogP contribution in [0.3, 0.4) is 0 Å². The standard InChI is InChI=1S/C22H26N4O/c1-17-7-5-8-18(13-17)16-26-24-21(15-23-14-20-11-6-12-27-20)22(25-26)19-9-3-2-4-10-19/h2-5,7-10,13,20,23H,6,11-12,14-16H2,1H3/t20-/m1/s1. The second-order valence-electron chi connectivity index (χ2n) is 7.15. The number of aromatic nitrogens is 3. The molecule has 0 aliphatic carbocycles. The van der Waals surface area contributed by atoms with Gasteiger partial charge in [-0.05, 0) is 25.3 Å². The lowest BCUT2D eigenvalue weighted by Crippen LogP contribution is -2.26. The third-order valence-electron chi connectivity index (χ3n) is 4.87. The number of benzene rings is 2. The summed E-state index contributed by atoms with van der Waals surface area (Å²) in [7, 11) is 0. The Morgan fingerprint density at radius 2 is 2.00 bits per heavy atom. The molecule has 2 heterocycles. The van der Waals surface area contributed by atoms with Crippen molar-refractivity contribution in [3.8, 4) is 11.3 Å². The van der Waals surface area contributed by atoms with Crippen LogP contribution in [-0.4, -0.2) is 34.2 Å². The van der Waals surface area contributed by atoms with Gasteiger partial charge in [-0.2, -0.15) is 15.0 Å². The molecule has 1 saturated heterocycles. The van der Waals surface area contributed by atoms with Crippen LogP contribution in [0, 0.1) is 6.92 Å². The molecule has 1 aliphatic rings. The van der Waals surface area contributed by atoms with E-state index >= 15 is 0 Å². The van der Waals surface area contributed by atoms with E-state index in [4.69, 9.17) is 14.9 Å². The maximum Gasteiger partial charge on any atom is 0.117 e. The fraction of sp³-hybridized carbons (Fsp3) is 0.364. The minimum atomic E-state index is 0.326. The normalized spacial score (nSPS) is 16.7. The van der Waals surface area contributed by atoms with Crippen molar-refractivity contribution in [3.63, 3.8) is 0 Å². The predicted octanol–water partition coefficient (Wildman–Crippen LogP) is 3.57. The molecule has 0 bridgehead atoms. The molecule has 3 aromatic rings. The third kappa shape index (κ3) is 4.62. The third-order valence-corrected chi connectivity index (χ3v) is 4.87. The molecular weight excluding hydrogens is 336 g/mol. The van der Waals surface area contributed by atoms with Gasteiger partial charge in [-0.15, -0.1) is 0 Å². The van der Waals surface area contributed by atoms with E-state index < -0.39 is 0 Å². The Morgan fingerprint density at radius 3 is 2.78 bits per heavy atom. The molecule has 1 aliphatic heterocycles. The average molecular weight is 362 g/mol. The molecule has 4 rings (SSSR count). The van der Waals surface area contributed by atoms with Crippen molar-refractivity contribution in [2.45, 2.75) is 39.0 Å². The summed E-state index contributed by atoms with van der Waals surface area (Å²) in [6.45, 7) is 5.22. The monoisotopic (exact) mass is 362 g/mol. The molecule has 5 heteroatoms. The topological polar surface area (TPSA) is 52.0 Å². The molecule has 1 N–H and O–H groups in total. The average Bonchev–Trinajstić information content (AvgIpc) is 3.33. The van der Waals surface area contributed by atoms with Crippen molar-refractivity contribution in [1.82, 2.24) is 20.3 Å².